The van der Waals surface area contributed by atoms with Gasteiger partial charge in [0.2, 0.25) is 0 Å². The van der Waals surface area contributed by atoms with Crippen LogP contribution in [0, 0.1) is 18.3 Å². The lowest BCUT2D eigenvalue weighted by molar-refractivity contribution is 0.0516. The van der Waals surface area contributed by atoms with Gasteiger partial charge in [0, 0.05) is 24.7 Å². The SMILES string of the molecule is C#CC(CCC)N1CC(C)(C2CC2)NCC1CC. The first-order valence-corrected chi connectivity index (χ1v) is 7.61. The molecule has 0 aromatic carbocycles. The molecular formula is C16H28N2. The minimum atomic E-state index is 0.300. The average Bonchev–Trinajstić information content (AvgIpc) is 3.20. The van der Waals surface area contributed by atoms with E-state index in [0.717, 1.165) is 25.4 Å². The molecule has 1 heterocycles. The molecule has 0 radical (unpaired) electrons. The van der Waals surface area contributed by atoms with Crippen molar-refractivity contribution in [3.8, 4) is 12.3 Å². The van der Waals surface area contributed by atoms with Crippen molar-refractivity contribution in [2.75, 3.05) is 13.1 Å². The van der Waals surface area contributed by atoms with Gasteiger partial charge < -0.3 is 5.32 Å². The van der Waals surface area contributed by atoms with E-state index in [1.54, 1.807) is 0 Å². The molecule has 18 heavy (non-hydrogen) atoms. The van der Waals surface area contributed by atoms with Crippen LogP contribution in [0.4, 0.5) is 0 Å². The molecule has 1 aliphatic carbocycles. The Hall–Kier alpha value is -0.520. The molecule has 2 aliphatic rings. The van der Waals surface area contributed by atoms with Crippen molar-refractivity contribution in [1.29, 1.82) is 0 Å². The van der Waals surface area contributed by atoms with E-state index in [4.69, 9.17) is 6.42 Å². The summed E-state index contributed by atoms with van der Waals surface area (Å²) in [7, 11) is 0. The summed E-state index contributed by atoms with van der Waals surface area (Å²) in [5.41, 5.74) is 0.300. The van der Waals surface area contributed by atoms with Crippen LogP contribution in [0.15, 0.2) is 0 Å². The lowest BCUT2D eigenvalue weighted by Crippen LogP contribution is -2.65. The highest BCUT2D eigenvalue weighted by molar-refractivity contribution is 5.09. The number of hydrogen-bond donors (Lipinski definition) is 1. The fourth-order valence-electron chi connectivity index (χ4n) is 3.39. The number of rotatable bonds is 5. The zero-order valence-electron chi connectivity index (χ0n) is 12.2. The third-order valence-corrected chi connectivity index (χ3v) is 4.83. The highest BCUT2D eigenvalue weighted by Gasteiger charge is 2.46. The predicted octanol–water partition coefficient (Wildman–Crippen LogP) is 2.64. The number of nitrogens with zero attached hydrogens (tertiary/aromatic N) is 1. The van der Waals surface area contributed by atoms with Gasteiger partial charge in [-0.3, -0.25) is 4.90 Å². The molecular weight excluding hydrogens is 220 g/mol. The van der Waals surface area contributed by atoms with Crippen LogP contribution in [0.1, 0.15) is 52.9 Å². The van der Waals surface area contributed by atoms with Gasteiger partial charge in [0.25, 0.3) is 0 Å². The Labute approximate surface area is 113 Å². The summed E-state index contributed by atoms with van der Waals surface area (Å²) in [5.74, 6) is 3.91. The second-order valence-electron chi connectivity index (χ2n) is 6.28. The molecule has 0 aromatic heterocycles. The zero-order valence-corrected chi connectivity index (χ0v) is 12.2. The predicted molar refractivity (Wildman–Crippen MR) is 77.4 cm³/mol. The third kappa shape index (κ3) is 2.73. The topological polar surface area (TPSA) is 15.3 Å². The smallest absolute Gasteiger partial charge is 0.0715 e. The normalized spacial score (nSPS) is 35.1. The molecule has 0 spiro atoms. The molecule has 3 atom stereocenters. The van der Waals surface area contributed by atoms with Crippen LogP contribution in [-0.4, -0.2) is 35.6 Å². The lowest BCUT2D eigenvalue weighted by Gasteiger charge is -2.48. The van der Waals surface area contributed by atoms with E-state index in [1.165, 1.54) is 25.7 Å². The van der Waals surface area contributed by atoms with E-state index in [0.29, 0.717) is 17.6 Å². The fourth-order valence-corrected chi connectivity index (χ4v) is 3.39. The highest BCUT2D eigenvalue weighted by atomic mass is 15.3. The first-order chi connectivity index (χ1) is 8.64. The summed E-state index contributed by atoms with van der Waals surface area (Å²) in [4.78, 5) is 2.61. The Bertz CT molecular complexity index is 316. The maximum Gasteiger partial charge on any atom is 0.0715 e. The average molecular weight is 248 g/mol. The van der Waals surface area contributed by atoms with Crippen molar-refractivity contribution in [1.82, 2.24) is 10.2 Å². The van der Waals surface area contributed by atoms with Crippen molar-refractivity contribution in [3.63, 3.8) is 0 Å². The Morgan fingerprint density at radius 3 is 2.67 bits per heavy atom. The Balaban J connectivity index is 2.09. The molecule has 2 heteroatoms. The molecule has 1 saturated carbocycles. The summed E-state index contributed by atoms with van der Waals surface area (Å²) >= 11 is 0. The van der Waals surface area contributed by atoms with Gasteiger partial charge >= 0.3 is 0 Å². The van der Waals surface area contributed by atoms with Crippen molar-refractivity contribution in [3.05, 3.63) is 0 Å². The minimum absolute atomic E-state index is 0.300. The van der Waals surface area contributed by atoms with Crippen LogP contribution in [0.5, 0.6) is 0 Å². The second-order valence-corrected chi connectivity index (χ2v) is 6.28. The number of nitrogens with one attached hydrogen (secondary N) is 1. The van der Waals surface area contributed by atoms with Gasteiger partial charge in [0.05, 0.1) is 6.04 Å². The van der Waals surface area contributed by atoms with E-state index in [1.807, 2.05) is 0 Å². The largest absolute Gasteiger partial charge is 0.308 e. The molecule has 2 rings (SSSR count). The van der Waals surface area contributed by atoms with Gasteiger partial charge in [-0.05, 0) is 38.5 Å². The monoisotopic (exact) mass is 248 g/mol. The molecule has 1 aliphatic heterocycles. The van der Waals surface area contributed by atoms with E-state index >= 15 is 0 Å². The summed E-state index contributed by atoms with van der Waals surface area (Å²) in [6.45, 7) is 9.13. The van der Waals surface area contributed by atoms with Gasteiger partial charge in [-0.25, -0.2) is 0 Å². The summed E-state index contributed by atoms with van der Waals surface area (Å²) in [6, 6.07) is 0.949. The van der Waals surface area contributed by atoms with Gasteiger partial charge in [-0.1, -0.05) is 26.2 Å². The van der Waals surface area contributed by atoms with Crippen molar-refractivity contribution >= 4 is 0 Å². The number of piperazine rings is 1. The molecule has 3 unspecified atom stereocenters. The van der Waals surface area contributed by atoms with Crippen LogP contribution in [0.2, 0.25) is 0 Å². The third-order valence-electron chi connectivity index (χ3n) is 4.83. The van der Waals surface area contributed by atoms with Crippen LogP contribution in [0.25, 0.3) is 0 Å². The molecule has 2 nitrogen and oxygen atoms in total. The van der Waals surface area contributed by atoms with E-state index in [2.05, 4.69) is 36.9 Å². The molecule has 102 valence electrons. The van der Waals surface area contributed by atoms with Gasteiger partial charge in [-0.2, -0.15) is 0 Å². The quantitative estimate of drug-likeness (QED) is 0.753. The zero-order chi connectivity index (χ0) is 13.2. The number of hydrogen-bond acceptors (Lipinski definition) is 2. The van der Waals surface area contributed by atoms with Gasteiger partial charge in [-0.15, -0.1) is 6.42 Å². The number of terminal acetylenes is 1. The summed E-state index contributed by atoms with van der Waals surface area (Å²) in [6.07, 6.45) is 12.1. The first-order valence-electron chi connectivity index (χ1n) is 7.61. The summed E-state index contributed by atoms with van der Waals surface area (Å²) in [5, 5.41) is 3.80. The van der Waals surface area contributed by atoms with Crippen molar-refractivity contribution in [2.45, 2.75) is 70.5 Å². The minimum Gasteiger partial charge on any atom is -0.308 e. The molecule has 0 amide bonds. The van der Waals surface area contributed by atoms with Crippen LogP contribution in [-0.2, 0) is 0 Å². The maximum atomic E-state index is 5.77. The Kier molecular flexibility index (Phi) is 4.35. The Morgan fingerprint density at radius 1 is 1.44 bits per heavy atom. The molecule has 0 aromatic rings. The molecule has 1 N–H and O–H groups in total. The summed E-state index contributed by atoms with van der Waals surface area (Å²) < 4.78 is 0. The van der Waals surface area contributed by atoms with E-state index in [-0.39, 0.29) is 0 Å². The first kappa shape index (κ1) is 13.9. The maximum absolute atomic E-state index is 5.77. The van der Waals surface area contributed by atoms with E-state index in [9.17, 15) is 0 Å². The van der Waals surface area contributed by atoms with Crippen LogP contribution < -0.4 is 5.32 Å². The highest BCUT2D eigenvalue weighted by Crippen LogP contribution is 2.42. The van der Waals surface area contributed by atoms with Crippen molar-refractivity contribution < 1.29 is 0 Å². The molecule has 1 saturated heterocycles. The van der Waals surface area contributed by atoms with Crippen LogP contribution in [0.3, 0.4) is 0 Å². The molecule has 0 bridgehead atoms. The standard InChI is InChI=1S/C16H28N2/c1-5-8-14(6-2)18-12-16(4,13-9-10-13)17-11-15(18)7-3/h2,13-15,17H,5,7-12H2,1,3-4H3. The van der Waals surface area contributed by atoms with E-state index < -0.39 is 0 Å². The molecule has 2 fully saturated rings. The second kappa shape index (κ2) is 5.63. The lowest BCUT2D eigenvalue weighted by atomic mass is 9.89. The van der Waals surface area contributed by atoms with Crippen LogP contribution >= 0.6 is 0 Å². The Morgan fingerprint density at radius 2 is 2.17 bits per heavy atom. The van der Waals surface area contributed by atoms with Gasteiger partial charge in [0.1, 0.15) is 0 Å². The van der Waals surface area contributed by atoms with Gasteiger partial charge in [0.15, 0.2) is 0 Å². The van der Waals surface area contributed by atoms with Crippen molar-refractivity contribution in [2.24, 2.45) is 5.92 Å². The fraction of sp³-hybridized carbons (Fsp3) is 0.875.